The number of likely N-dealkylation sites (N-methyl/N-ethyl adjacent to an activating group) is 2. The van der Waals surface area contributed by atoms with Crippen molar-refractivity contribution in [3.8, 4) is 0 Å². The molecule has 0 amide bonds. The predicted octanol–water partition coefficient (Wildman–Crippen LogP) is 2.66. The summed E-state index contributed by atoms with van der Waals surface area (Å²) in [6.07, 6.45) is 0.976. The molecule has 0 fully saturated rings. The van der Waals surface area contributed by atoms with Crippen molar-refractivity contribution in [2.75, 3.05) is 26.2 Å². The lowest BCUT2D eigenvalue weighted by Crippen LogP contribution is -2.32. The Hall–Kier alpha value is -0.390. The van der Waals surface area contributed by atoms with Gasteiger partial charge in [0.05, 0.1) is 15.9 Å². The van der Waals surface area contributed by atoms with Gasteiger partial charge < -0.3 is 5.32 Å². The number of nitrogens with zero attached hydrogens (tertiary/aromatic N) is 3. The Morgan fingerprint density at radius 2 is 2.00 bits per heavy atom. The molecule has 0 atom stereocenters. The van der Waals surface area contributed by atoms with E-state index in [4.69, 9.17) is 0 Å². The molecule has 1 aromatic rings. The molecule has 0 spiro atoms. The van der Waals surface area contributed by atoms with E-state index in [1.165, 1.54) is 15.9 Å². The van der Waals surface area contributed by atoms with Crippen LogP contribution in [0.4, 0.5) is 0 Å². The van der Waals surface area contributed by atoms with Gasteiger partial charge in [-0.15, -0.1) is 0 Å². The number of aryl methyl sites for hydroxylation is 2. The number of hydrogen-bond donors (Lipinski definition) is 1. The summed E-state index contributed by atoms with van der Waals surface area (Å²) < 4.78 is 3.32. The molecule has 0 aromatic carbocycles. The monoisotopic (exact) mass is 330 g/mol. The van der Waals surface area contributed by atoms with Crippen molar-refractivity contribution in [3.05, 3.63) is 15.9 Å². The van der Waals surface area contributed by atoms with E-state index in [9.17, 15) is 0 Å². The highest BCUT2D eigenvalue weighted by Gasteiger charge is 2.16. The second-order valence-electron chi connectivity index (χ2n) is 4.60. The van der Waals surface area contributed by atoms with Crippen LogP contribution < -0.4 is 5.32 Å². The molecular formula is C14H27BrN4. The van der Waals surface area contributed by atoms with E-state index in [-0.39, 0.29) is 0 Å². The summed E-state index contributed by atoms with van der Waals surface area (Å²) in [7, 11) is 0. The van der Waals surface area contributed by atoms with Gasteiger partial charge in [0.2, 0.25) is 0 Å². The molecule has 0 unspecified atom stereocenters. The van der Waals surface area contributed by atoms with Gasteiger partial charge in [-0.2, -0.15) is 5.10 Å². The van der Waals surface area contributed by atoms with E-state index in [1.807, 2.05) is 0 Å². The summed E-state index contributed by atoms with van der Waals surface area (Å²) in [5.74, 6) is 0. The zero-order valence-corrected chi connectivity index (χ0v) is 14.3. The van der Waals surface area contributed by atoms with Crippen molar-refractivity contribution in [1.82, 2.24) is 20.0 Å². The Kier molecular flexibility index (Phi) is 7.64. The van der Waals surface area contributed by atoms with Gasteiger partial charge in [-0.25, -0.2) is 0 Å². The topological polar surface area (TPSA) is 33.1 Å². The molecule has 0 saturated heterocycles. The van der Waals surface area contributed by atoms with Crippen molar-refractivity contribution in [1.29, 1.82) is 0 Å². The largest absolute Gasteiger partial charge is 0.316 e. The average molecular weight is 331 g/mol. The van der Waals surface area contributed by atoms with Crippen molar-refractivity contribution < 1.29 is 0 Å². The normalized spacial score (nSPS) is 11.5. The maximum atomic E-state index is 4.66. The van der Waals surface area contributed by atoms with Crippen molar-refractivity contribution in [3.63, 3.8) is 0 Å². The molecule has 4 nitrogen and oxygen atoms in total. The van der Waals surface area contributed by atoms with Crippen LogP contribution in [0.1, 0.15) is 39.1 Å². The summed E-state index contributed by atoms with van der Waals surface area (Å²) in [6.45, 7) is 14.8. The lowest BCUT2D eigenvalue weighted by atomic mass is 10.3. The maximum Gasteiger partial charge on any atom is 0.0767 e. The van der Waals surface area contributed by atoms with Crippen LogP contribution in [0.25, 0.3) is 0 Å². The van der Waals surface area contributed by atoms with Crippen LogP contribution in [0.15, 0.2) is 4.47 Å². The second kappa shape index (κ2) is 8.72. The molecule has 0 bridgehead atoms. The molecule has 19 heavy (non-hydrogen) atoms. The molecule has 1 heterocycles. The number of nitrogens with one attached hydrogen (secondary N) is 1. The fourth-order valence-corrected chi connectivity index (χ4v) is 2.83. The van der Waals surface area contributed by atoms with Gasteiger partial charge in [-0.05, 0) is 42.4 Å². The number of rotatable bonds is 9. The van der Waals surface area contributed by atoms with Crippen molar-refractivity contribution >= 4 is 15.9 Å². The summed E-state index contributed by atoms with van der Waals surface area (Å²) in [6, 6.07) is 0. The van der Waals surface area contributed by atoms with E-state index in [0.29, 0.717) is 0 Å². The first-order chi connectivity index (χ1) is 9.17. The van der Waals surface area contributed by atoms with Crippen LogP contribution in [0.5, 0.6) is 0 Å². The van der Waals surface area contributed by atoms with Gasteiger partial charge in [-0.1, -0.05) is 20.8 Å². The third-order valence-corrected chi connectivity index (χ3v) is 4.28. The van der Waals surface area contributed by atoms with Gasteiger partial charge in [0.25, 0.3) is 0 Å². The number of hydrogen-bond acceptors (Lipinski definition) is 3. The van der Waals surface area contributed by atoms with E-state index >= 15 is 0 Å². The molecule has 0 radical (unpaired) electrons. The minimum Gasteiger partial charge on any atom is -0.316 e. The smallest absolute Gasteiger partial charge is 0.0767 e. The Balaban J connectivity index is 2.75. The lowest BCUT2D eigenvalue weighted by molar-refractivity contribution is 0.270. The quantitative estimate of drug-likeness (QED) is 0.706. The zero-order chi connectivity index (χ0) is 14.3. The van der Waals surface area contributed by atoms with Gasteiger partial charge in [0.15, 0.2) is 0 Å². The Bertz CT molecular complexity index is 376. The summed E-state index contributed by atoms with van der Waals surface area (Å²) >= 11 is 3.72. The van der Waals surface area contributed by atoms with Crippen LogP contribution >= 0.6 is 15.9 Å². The van der Waals surface area contributed by atoms with E-state index in [2.05, 4.69) is 63.6 Å². The second-order valence-corrected chi connectivity index (χ2v) is 5.39. The summed E-state index contributed by atoms with van der Waals surface area (Å²) in [4.78, 5) is 2.45. The highest BCUT2D eigenvalue weighted by Crippen LogP contribution is 2.23. The first kappa shape index (κ1) is 16.7. The summed E-state index contributed by atoms with van der Waals surface area (Å²) in [5, 5.41) is 8.04. The van der Waals surface area contributed by atoms with Gasteiger partial charge in [-0.3, -0.25) is 9.58 Å². The van der Waals surface area contributed by atoms with Crippen LogP contribution in [-0.2, 0) is 19.5 Å². The number of aromatic nitrogens is 2. The van der Waals surface area contributed by atoms with E-state index in [1.54, 1.807) is 0 Å². The Morgan fingerprint density at radius 1 is 1.26 bits per heavy atom. The standard InChI is InChI=1S/C14H27BrN4/c1-5-12-14(15)13(19(8-4)17-12)11-18(7-3)10-9-16-6-2/h16H,5-11H2,1-4H3. The first-order valence-electron chi connectivity index (χ1n) is 7.34. The average Bonchev–Trinajstić information content (AvgIpc) is 2.74. The zero-order valence-electron chi connectivity index (χ0n) is 12.7. The minimum absolute atomic E-state index is 0.929. The molecule has 110 valence electrons. The lowest BCUT2D eigenvalue weighted by Gasteiger charge is -2.21. The summed E-state index contributed by atoms with van der Waals surface area (Å²) in [5.41, 5.74) is 2.47. The van der Waals surface area contributed by atoms with E-state index in [0.717, 1.165) is 45.7 Å². The Labute approximate surface area is 125 Å². The molecule has 1 aromatic heterocycles. The third kappa shape index (κ3) is 4.58. The molecular weight excluding hydrogens is 304 g/mol. The SMILES string of the molecule is CCNCCN(CC)Cc1c(Br)c(CC)nn1CC. The highest BCUT2D eigenvalue weighted by molar-refractivity contribution is 9.10. The van der Waals surface area contributed by atoms with Crippen LogP contribution in [0.3, 0.4) is 0 Å². The van der Waals surface area contributed by atoms with Crippen LogP contribution in [0, 0.1) is 0 Å². The highest BCUT2D eigenvalue weighted by atomic mass is 79.9. The fraction of sp³-hybridized carbons (Fsp3) is 0.786. The van der Waals surface area contributed by atoms with Crippen LogP contribution in [0.2, 0.25) is 0 Å². The van der Waals surface area contributed by atoms with E-state index < -0.39 is 0 Å². The number of halogens is 1. The molecule has 0 aliphatic rings. The molecule has 0 saturated carbocycles. The van der Waals surface area contributed by atoms with Crippen molar-refractivity contribution in [2.45, 2.75) is 47.2 Å². The van der Waals surface area contributed by atoms with Gasteiger partial charge >= 0.3 is 0 Å². The molecule has 1 N–H and O–H groups in total. The minimum atomic E-state index is 0.929. The van der Waals surface area contributed by atoms with Gasteiger partial charge in [0, 0.05) is 26.2 Å². The molecule has 1 rings (SSSR count). The molecule has 5 heteroatoms. The maximum absolute atomic E-state index is 4.66. The van der Waals surface area contributed by atoms with Gasteiger partial charge in [0.1, 0.15) is 0 Å². The van der Waals surface area contributed by atoms with Crippen molar-refractivity contribution in [2.24, 2.45) is 0 Å². The predicted molar refractivity (Wildman–Crippen MR) is 84.5 cm³/mol. The molecule has 0 aliphatic heterocycles. The molecule has 0 aliphatic carbocycles. The Morgan fingerprint density at radius 3 is 2.53 bits per heavy atom. The first-order valence-corrected chi connectivity index (χ1v) is 8.14. The van der Waals surface area contributed by atoms with Crippen LogP contribution in [-0.4, -0.2) is 40.9 Å². The fourth-order valence-electron chi connectivity index (χ4n) is 2.14. The third-order valence-electron chi connectivity index (χ3n) is 3.37.